The van der Waals surface area contributed by atoms with Crippen LogP contribution in [-0.2, 0) is 4.74 Å². The van der Waals surface area contributed by atoms with Crippen LogP contribution in [0.5, 0.6) is 0 Å². The zero-order chi connectivity index (χ0) is 29.9. The Hall–Kier alpha value is -5.34. The molecule has 0 radical (unpaired) electrons. The van der Waals surface area contributed by atoms with E-state index in [2.05, 4.69) is 20.4 Å². The third kappa shape index (κ3) is 5.73. The molecule has 43 heavy (non-hydrogen) atoms. The number of benzene rings is 3. The van der Waals surface area contributed by atoms with E-state index in [9.17, 15) is 18.8 Å². The average Bonchev–Trinajstić information content (AvgIpc) is 3.67. The van der Waals surface area contributed by atoms with Crippen molar-refractivity contribution in [1.82, 2.24) is 29.1 Å². The SMILES string of the molecule is NC(=O)c1ccc(-n2nc(C(=O)N3CCOCC3)c(=NC(=O)c3nnn(-c4ccc(F)cc4)c3-c3ccccc3)s2)cc1. The molecule has 0 spiro atoms. The van der Waals surface area contributed by atoms with Gasteiger partial charge in [-0.3, -0.25) is 14.4 Å². The predicted octanol–water partition coefficient (Wildman–Crippen LogP) is 2.63. The summed E-state index contributed by atoms with van der Waals surface area (Å²) in [6, 6.07) is 21.0. The molecule has 12 nitrogen and oxygen atoms in total. The van der Waals surface area contributed by atoms with Crippen LogP contribution in [0.3, 0.4) is 0 Å². The summed E-state index contributed by atoms with van der Waals surface area (Å²) >= 11 is 0.975. The van der Waals surface area contributed by atoms with E-state index in [0.29, 0.717) is 54.5 Å². The summed E-state index contributed by atoms with van der Waals surface area (Å²) < 4.78 is 22.0. The van der Waals surface area contributed by atoms with Crippen LogP contribution in [0, 0.1) is 5.82 Å². The molecule has 1 aliphatic heterocycles. The van der Waals surface area contributed by atoms with E-state index >= 15 is 0 Å². The quantitative estimate of drug-likeness (QED) is 0.316. The largest absolute Gasteiger partial charge is 0.378 e. The summed E-state index contributed by atoms with van der Waals surface area (Å²) in [6.45, 7) is 1.48. The van der Waals surface area contributed by atoms with Crippen LogP contribution in [0.2, 0.25) is 0 Å². The van der Waals surface area contributed by atoms with Gasteiger partial charge in [-0.15, -0.1) is 10.2 Å². The maximum absolute atomic E-state index is 13.8. The van der Waals surface area contributed by atoms with Crippen LogP contribution < -0.4 is 10.4 Å². The van der Waals surface area contributed by atoms with Gasteiger partial charge in [0.2, 0.25) is 5.91 Å². The topological polar surface area (TPSA) is 151 Å². The lowest BCUT2D eigenvalue weighted by Gasteiger charge is -2.25. The lowest BCUT2D eigenvalue weighted by molar-refractivity contribution is 0.0297. The van der Waals surface area contributed by atoms with Crippen molar-refractivity contribution in [3.8, 4) is 22.6 Å². The van der Waals surface area contributed by atoms with Crippen molar-refractivity contribution in [2.45, 2.75) is 0 Å². The molecular formula is C29H23FN8O4S. The number of carbonyl (C=O) groups excluding carboxylic acids is 3. The van der Waals surface area contributed by atoms with Gasteiger partial charge in [0.25, 0.3) is 5.91 Å². The summed E-state index contributed by atoms with van der Waals surface area (Å²) in [6.07, 6.45) is 0. The summed E-state index contributed by atoms with van der Waals surface area (Å²) in [5, 5.41) is 12.8. The van der Waals surface area contributed by atoms with Gasteiger partial charge in [0.15, 0.2) is 16.1 Å². The second-order valence-electron chi connectivity index (χ2n) is 9.39. The van der Waals surface area contributed by atoms with Crippen LogP contribution in [0.1, 0.15) is 31.3 Å². The highest BCUT2D eigenvalue weighted by Crippen LogP contribution is 2.26. The van der Waals surface area contributed by atoms with E-state index in [1.807, 2.05) is 6.07 Å². The molecule has 2 N–H and O–H groups in total. The molecule has 14 heteroatoms. The van der Waals surface area contributed by atoms with Gasteiger partial charge in [0.1, 0.15) is 11.5 Å². The van der Waals surface area contributed by atoms with Gasteiger partial charge in [0.05, 0.1) is 24.6 Å². The molecule has 0 atom stereocenters. The maximum Gasteiger partial charge on any atom is 0.301 e. The molecule has 3 aromatic carbocycles. The van der Waals surface area contributed by atoms with Gasteiger partial charge in [-0.25, -0.2) is 9.07 Å². The molecule has 5 aromatic rings. The molecule has 0 bridgehead atoms. The Morgan fingerprint density at radius 3 is 2.23 bits per heavy atom. The van der Waals surface area contributed by atoms with E-state index in [0.717, 1.165) is 11.5 Å². The number of rotatable bonds is 6. The molecule has 1 fully saturated rings. The first-order valence-electron chi connectivity index (χ1n) is 13.1. The fraction of sp³-hybridized carbons (Fsp3) is 0.138. The number of primary amides is 1. The smallest absolute Gasteiger partial charge is 0.301 e. The second-order valence-corrected chi connectivity index (χ2v) is 10.3. The number of morpholine rings is 1. The molecule has 1 aliphatic rings. The molecule has 0 aliphatic carbocycles. The van der Waals surface area contributed by atoms with Crippen molar-refractivity contribution in [3.05, 3.63) is 106 Å². The highest BCUT2D eigenvalue weighted by atomic mass is 32.1. The van der Waals surface area contributed by atoms with Crippen molar-refractivity contribution >= 4 is 29.3 Å². The van der Waals surface area contributed by atoms with Crippen molar-refractivity contribution in [1.29, 1.82) is 0 Å². The number of nitrogens with zero attached hydrogens (tertiary/aromatic N) is 7. The Morgan fingerprint density at radius 1 is 0.884 bits per heavy atom. The van der Waals surface area contributed by atoms with Gasteiger partial charge >= 0.3 is 5.91 Å². The Morgan fingerprint density at radius 2 is 1.56 bits per heavy atom. The molecule has 1 saturated heterocycles. The summed E-state index contributed by atoms with van der Waals surface area (Å²) in [7, 11) is 0. The third-order valence-electron chi connectivity index (χ3n) is 6.63. The fourth-order valence-electron chi connectivity index (χ4n) is 4.46. The second kappa shape index (κ2) is 11.9. The minimum absolute atomic E-state index is 0.0218. The number of halogens is 1. The Labute approximate surface area is 247 Å². The molecule has 3 amide bonds. The number of amides is 3. The number of hydrogen-bond acceptors (Lipinski definition) is 8. The zero-order valence-corrected chi connectivity index (χ0v) is 23.3. The van der Waals surface area contributed by atoms with Crippen molar-refractivity contribution in [2.24, 2.45) is 10.7 Å². The molecule has 0 unspecified atom stereocenters. The lowest BCUT2D eigenvalue weighted by atomic mass is 10.1. The minimum Gasteiger partial charge on any atom is -0.378 e. The minimum atomic E-state index is -0.747. The van der Waals surface area contributed by atoms with E-state index < -0.39 is 23.5 Å². The first-order chi connectivity index (χ1) is 20.9. The van der Waals surface area contributed by atoms with Crippen LogP contribution in [0.15, 0.2) is 83.9 Å². The van der Waals surface area contributed by atoms with E-state index in [1.165, 1.54) is 45.2 Å². The Balaban J connectivity index is 1.46. The van der Waals surface area contributed by atoms with E-state index in [1.54, 1.807) is 41.3 Å². The van der Waals surface area contributed by atoms with Crippen molar-refractivity contribution < 1.29 is 23.5 Å². The summed E-state index contributed by atoms with van der Waals surface area (Å²) in [5.41, 5.74) is 7.59. The summed E-state index contributed by atoms with van der Waals surface area (Å²) in [4.78, 5) is 44.7. The third-order valence-corrected chi connectivity index (χ3v) is 7.56. The van der Waals surface area contributed by atoms with Crippen molar-refractivity contribution in [3.63, 3.8) is 0 Å². The Bertz CT molecular complexity index is 1880. The first kappa shape index (κ1) is 27.8. The molecule has 216 valence electrons. The van der Waals surface area contributed by atoms with Gasteiger partial charge < -0.3 is 15.4 Å². The molecular weight excluding hydrogens is 575 g/mol. The van der Waals surface area contributed by atoms with Gasteiger partial charge in [-0.1, -0.05) is 35.5 Å². The van der Waals surface area contributed by atoms with Crippen LogP contribution in [0.4, 0.5) is 4.39 Å². The highest BCUT2D eigenvalue weighted by molar-refractivity contribution is 7.04. The van der Waals surface area contributed by atoms with E-state index in [-0.39, 0.29) is 16.1 Å². The zero-order valence-electron chi connectivity index (χ0n) is 22.5. The van der Waals surface area contributed by atoms with Gasteiger partial charge in [-0.05, 0) is 60.1 Å². The normalized spacial score (nSPS) is 13.7. The number of hydrogen-bond donors (Lipinski definition) is 1. The Kier molecular flexibility index (Phi) is 7.68. The molecule has 2 aromatic heterocycles. The number of ether oxygens (including phenoxy) is 1. The van der Waals surface area contributed by atoms with Crippen LogP contribution >= 0.6 is 11.5 Å². The summed E-state index contributed by atoms with van der Waals surface area (Å²) in [5.74, 6) is -2.15. The van der Waals surface area contributed by atoms with Gasteiger partial charge in [0, 0.05) is 24.2 Å². The number of aromatic nitrogens is 5. The monoisotopic (exact) mass is 598 g/mol. The lowest BCUT2D eigenvalue weighted by Crippen LogP contribution is -2.42. The van der Waals surface area contributed by atoms with Crippen molar-refractivity contribution in [2.75, 3.05) is 26.3 Å². The number of carbonyl (C=O) groups is 3. The van der Waals surface area contributed by atoms with Crippen LogP contribution in [0.25, 0.3) is 22.6 Å². The van der Waals surface area contributed by atoms with Gasteiger partial charge in [-0.2, -0.15) is 9.06 Å². The maximum atomic E-state index is 13.8. The first-order valence-corrected chi connectivity index (χ1v) is 13.9. The van der Waals surface area contributed by atoms with Crippen LogP contribution in [-0.4, -0.2) is 73.1 Å². The molecule has 3 heterocycles. The molecule has 6 rings (SSSR count). The van der Waals surface area contributed by atoms with E-state index in [4.69, 9.17) is 10.5 Å². The average molecular weight is 599 g/mol. The predicted molar refractivity (Wildman–Crippen MR) is 153 cm³/mol. The fourth-order valence-corrected chi connectivity index (χ4v) is 5.31. The standard InChI is InChI=1S/C29H23FN8O4S/c30-20-8-12-21(13-9-20)37-25(18-4-2-1-3-5-18)23(33-35-37)27(40)32-28-24(29(41)36-14-16-42-17-15-36)34-38(43-28)22-10-6-19(7-11-22)26(31)39/h1-13H,14-17H2,(H2,31,39). The molecule has 0 saturated carbocycles. The highest BCUT2D eigenvalue weighted by Gasteiger charge is 2.26. The number of nitrogens with two attached hydrogens (primary N) is 1.